The average Bonchev–Trinajstić information content (AvgIpc) is 2.35. The second kappa shape index (κ2) is 6.38. The van der Waals surface area contributed by atoms with Gasteiger partial charge in [-0.3, -0.25) is 4.79 Å². The summed E-state index contributed by atoms with van der Waals surface area (Å²) in [5.41, 5.74) is 2.53. The lowest BCUT2D eigenvalue weighted by atomic mass is 10.0. The first-order valence-electron chi connectivity index (χ1n) is 5.60. The van der Waals surface area contributed by atoms with Gasteiger partial charge in [0.2, 0.25) is 5.88 Å². The predicted octanol–water partition coefficient (Wildman–Crippen LogP) is 2.17. The van der Waals surface area contributed by atoms with Crippen LogP contribution in [0.4, 0.5) is 26.3 Å². The zero-order valence-electron chi connectivity index (χ0n) is 11.0. The third-order valence-corrected chi connectivity index (χ3v) is 2.46. The zero-order chi connectivity index (χ0) is 17.1. The van der Waals surface area contributed by atoms with E-state index in [9.17, 15) is 31.1 Å². The molecule has 0 bridgehead atoms. The lowest BCUT2D eigenvalue weighted by molar-refractivity contribution is -0.276. The van der Waals surface area contributed by atoms with Gasteiger partial charge in [0.1, 0.15) is 0 Å². The third kappa shape index (κ3) is 4.76. The molecule has 1 heterocycles. The Kier molecular flexibility index (Phi) is 5.22. The predicted molar refractivity (Wildman–Crippen MR) is 59.5 cm³/mol. The van der Waals surface area contributed by atoms with Crippen molar-refractivity contribution in [1.82, 2.24) is 4.98 Å². The maximum Gasteiger partial charge on any atom is 0.574 e. The first-order valence-corrected chi connectivity index (χ1v) is 5.60. The van der Waals surface area contributed by atoms with Gasteiger partial charge in [-0.1, -0.05) is 0 Å². The maximum absolute atomic E-state index is 12.9. The van der Waals surface area contributed by atoms with E-state index < -0.39 is 54.2 Å². The Balaban J connectivity index is 3.44. The van der Waals surface area contributed by atoms with Crippen LogP contribution in [0, 0.1) is 0 Å². The summed E-state index contributed by atoms with van der Waals surface area (Å²) in [5.74, 6) is -2.32. The number of esters is 1. The number of pyridine rings is 1. The molecular weight excluding hydrogens is 322 g/mol. The first-order chi connectivity index (χ1) is 9.97. The normalized spacial score (nSPS) is 12.2. The van der Waals surface area contributed by atoms with Crippen molar-refractivity contribution in [3.8, 4) is 5.88 Å². The largest absolute Gasteiger partial charge is 0.574 e. The number of halogens is 6. The highest BCUT2D eigenvalue weighted by Gasteiger charge is 2.38. The van der Waals surface area contributed by atoms with Crippen molar-refractivity contribution in [2.24, 2.45) is 5.73 Å². The highest BCUT2D eigenvalue weighted by Crippen LogP contribution is 2.36. The molecule has 1 aromatic rings. The molecule has 0 aliphatic heterocycles. The van der Waals surface area contributed by atoms with E-state index in [2.05, 4.69) is 14.5 Å². The van der Waals surface area contributed by atoms with E-state index in [1.54, 1.807) is 0 Å². The molecule has 5 nitrogen and oxygen atoms in total. The van der Waals surface area contributed by atoms with Gasteiger partial charge in [-0.15, -0.1) is 13.2 Å². The number of ether oxygens (including phenoxy) is 2. The summed E-state index contributed by atoms with van der Waals surface area (Å²) in [5, 5.41) is 0. The molecule has 124 valence electrons. The van der Waals surface area contributed by atoms with E-state index in [1.807, 2.05) is 0 Å². The number of nitrogens with two attached hydrogens (primary N) is 1. The molecule has 0 fully saturated rings. The molecule has 0 atom stereocenters. The number of hydrogen-bond acceptors (Lipinski definition) is 5. The van der Waals surface area contributed by atoms with Crippen LogP contribution in [0.5, 0.6) is 5.88 Å². The van der Waals surface area contributed by atoms with Gasteiger partial charge in [-0.25, -0.2) is 4.98 Å². The van der Waals surface area contributed by atoms with Crippen molar-refractivity contribution in [3.63, 3.8) is 0 Å². The molecule has 22 heavy (non-hydrogen) atoms. The van der Waals surface area contributed by atoms with E-state index in [0.29, 0.717) is 0 Å². The van der Waals surface area contributed by atoms with Crippen molar-refractivity contribution in [2.75, 3.05) is 7.11 Å². The van der Waals surface area contributed by atoms with Crippen molar-refractivity contribution in [2.45, 2.75) is 25.5 Å². The summed E-state index contributed by atoms with van der Waals surface area (Å²) < 4.78 is 82.8. The monoisotopic (exact) mass is 332 g/mol. The molecule has 0 aliphatic rings. The van der Waals surface area contributed by atoms with Gasteiger partial charge in [0.05, 0.1) is 24.8 Å². The number of alkyl halides is 6. The molecule has 11 heteroatoms. The number of nitrogens with zero attached hydrogens (tertiary/aromatic N) is 1. The molecule has 0 radical (unpaired) electrons. The lowest BCUT2D eigenvalue weighted by Gasteiger charge is -2.17. The maximum atomic E-state index is 12.9. The molecule has 0 aliphatic carbocycles. The van der Waals surface area contributed by atoms with E-state index in [0.717, 1.165) is 7.11 Å². The van der Waals surface area contributed by atoms with Gasteiger partial charge in [0, 0.05) is 18.2 Å². The van der Waals surface area contributed by atoms with Gasteiger partial charge in [-0.2, -0.15) is 13.2 Å². The minimum absolute atomic E-state index is 0.0798. The van der Waals surface area contributed by atoms with Crippen LogP contribution in [0.15, 0.2) is 6.07 Å². The number of methoxy groups -OCH3 is 1. The van der Waals surface area contributed by atoms with Gasteiger partial charge in [-0.05, 0) is 0 Å². The van der Waals surface area contributed by atoms with Crippen LogP contribution in [0.2, 0.25) is 0 Å². The fourth-order valence-corrected chi connectivity index (χ4v) is 1.61. The molecule has 1 rings (SSSR count). The molecule has 0 amide bonds. The number of rotatable bonds is 4. The van der Waals surface area contributed by atoms with E-state index >= 15 is 0 Å². The molecule has 0 spiro atoms. The van der Waals surface area contributed by atoms with E-state index in [1.165, 1.54) is 0 Å². The Morgan fingerprint density at radius 1 is 1.27 bits per heavy atom. The highest BCUT2D eigenvalue weighted by molar-refractivity contribution is 5.72. The Hall–Kier alpha value is -2.04. The number of carbonyl (C=O) groups excluding carboxylic acids is 1. The van der Waals surface area contributed by atoms with Crippen LogP contribution >= 0.6 is 0 Å². The van der Waals surface area contributed by atoms with Crippen LogP contribution in [0.25, 0.3) is 0 Å². The van der Waals surface area contributed by atoms with Crippen molar-refractivity contribution in [1.29, 1.82) is 0 Å². The molecule has 0 unspecified atom stereocenters. The Morgan fingerprint density at radius 2 is 1.86 bits per heavy atom. The minimum atomic E-state index is -5.23. The molecule has 0 saturated heterocycles. The smallest absolute Gasteiger partial charge is 0.469 e. The lowest BCUT2D eigenvalue weighted by Crippen LogP contribution is -2.22. The summed E-state index contributed by atoms with van der Waals surface area (Å²) in [7, 11) is 0.963. The fraction of sp³-hybridized carbons (Fsp3) is 0.455. The van der Waals surface area contributed by atoms with Crippen LogP contribution < -0.4 is 10.5 Å². The molecular formula is C11H10F6N2O3. The van der Waals surface area contributed by atoms with Gasteiger partial charge in [0.15, 0.2) is 0 Å². The van der Waals surface area contributed by atoms with Crippen LogP contribution in [-0.4, -0.2) is 24.4 Å². The average molecular weight is 332 g/mol. The molecule has 1 aromatic heterocycles. The third-order valence-electron chi connectivity index (χ3n) is 2.46. The van der Waals surface area contributed by atoms with Crippen LogP contribution in [-0.2, 0) is 28.7 Å². The minimum Gasteiger partial charge on any atom is -0.469 e. The SMILES string of the molecule is COC(=O)Cc1nc(OC(F)(F)F)cc(C(F)(F)F)c1CN. The van der Waals surface area contributed by atoms with Crippen molar-refractivity contribution >= 4 is 5.97 Å². The van der Waals surface area contributed by atoms with E-state index in [4.69, 9.17) is 5.73 Å². The molecule has 0 saturated carbocycles. The molecule has 2 N–H and O–H groups in total. The number of hydrogen-bond donors (Lipinski definition) is 1. The summed E-state index contributed by atoms with van der Waals surface area (Å²) in [6.07, 6.45) is -11.0. The topological polar surface area (TPSA) is 74.4 Å². The quantitative estimate of drug-likeness (QED) is 0.676. The summed E-state index contributed by atoms with van der Waals surface area (Å²) in [6, 6.07) is 0.0798. The second-order valence-electron chi connectivity index (χ2n) is 3.94. The summed E-state index contributed by atoms with van der Waals surface area (Å²) >= 11 is 0. The zero-order valence-corrected chi connectivity index (χ0v) is 11.0. The molecule has 0 aromatic carbocycles. The highest BCUT2D eigenvalue weighted by atomic mass is 19.4. The summed E-state index contributed by atoms with van der Waals surface area (Å²) in [6.45, 7) is -0.680. The van der Waals surface area contributed by atoms with Gasteiger partial charge in [0.25, 0.3) is 0 Å². The van der Waals surface area contributed by atoms with Crippen LogP contribution in [0.1, 0.15) is 16.8 Å². The Morgan fingerprint density at radius 3 is 2.27 bits per heavy atom. The second-order valence-corrected chi connectivity index (χ2v) is 3.94. The standard InChI is InChI=1S/C11H10F6N2O3/c1-21-9(20)3-7-5(4-18)6(10(12,13)14)2-8(19-7)22-11(15,16)17/h2H,3-4,18H2,1H3. The van der Waals surface area contributed by atoms with Crippen molar-refractivity contribution in [3.05, 3.63) is 22.9 Å². The Bertz CT molecular complexity index is 556. The van der Waals surface area contributed by atoms with Gasteiger partial charge >= 0.3 is 18.5 Å². The van der Waals surface area contributed by atoms with E-state index in [-0.39, 0.29) is 6.07 Å². The number of carbonyl (C=O) groups is 1. The van der Waals surface area contributed by atoms with Gasteiger partial charge < -0.3 is 15.2 Å². The first kappa shape index (κ1) is 18.0. The summed E-state index contributed by atoms with van der Waals surface area (Å²) in [4.78, 5) is 14.4. The van der Waals surface area contributed by atoms with Crippen LogP contribution in [0.3, 0.4) is 0 Å². The fourth-order valence-electron chi connectivity index (χ4n) is 1.61. The number of aromatic nitrogens is 1. The van der Waals surface area contributed by atoms with Crippen molar-refractivity contribution < 1.29 is 40.6 Å². The Labute approximate surface area is 120 Å².